The number of hydrogen-bond donors (Lipinski definition) is 1. The SMILES string of the molecule is CC(NC(=O)CN1c2ccccc2-c2ccccc2S1(=O)=O)c1ccc(F)cc1. The van der Waals surface area contributed by atoms with Crippen LogP contribution in [0.3, 0.4) is 0 Å². The number of anilines is 1. The van der Waals surface area contributed by atoms with Gasteiger partial charge in [0.2, 0.25) is 5.91 Å². The molecule has 1 unspecified atom stereocenters. The number of nitrogens with one attached hydrogen (secondary N) is 1. The van der Waals surface area contributed by atoms with E-state index in [-0.39, 0.29) is 17.3 Å². The molecule has 0 radical (unpaired) electrons. The highest BCUT2D eigenvalue weighted by Crippen LogP contribution is 2.42. The van der Waals surface area contributed by atoms with Gasteiger partial charge in [-0.2, -0.15) is 0 Å². The molecule has 0 fully saturated rings. The fourth-order valence-corrected chi connectivity index (χ4v) is 5.15. The Morgan fingerprint density at radius 1 is 0.966 bits per heavy atom. The highest BCUT2D eigenvalue weighted by molar-refractivity contribution is 7.93. The van der Waals surface area contributed by atoms with Crippen LogP contribution in [0.2, 0.25) is 0 Å². The Morgan fingerprint density at radius 3 is 2.31 bits per heavy atom. The predicted molar refractivity (Wildman–Crippen MR) is 109 cm³/mol. The number of carbonyl (C=O) groups excluding carboxylic acids is 1. The van der Waals surface area contributed by atoms with Crippen LogP contribution in [0.1, 0.15) is 18.5 Å². The first-order valence-corrected chi connectivity index (χ1v) is 10.6. The molecular weight excluding hydrogens is 391 g/mol. The fourth-order valence-electron chi connectivity index (χ4n) is 3.50. The normalized spacial score (nSPS) is 15.2. The third kappa shape index (κ3) is 3.49. The maximum absolute atomic E-state index is 13.2. The van der Waals surface area contributed by atoms with Crippen LogP contribution in [-0.4, -0.2) is 20.9 Å². The lowest BCUT2D eigenvalue weighted by molar-refractivity contribution is -0.120. The number of fused-ring (bicyclic) bond motifs is 3. The van der Waals surface area contributed by atoms with Gasteiger partial charge in [0.05, 0.1) is 16.6 Å². The van der Waals surface area contributed by atoms with Crippen LogP contribution < -0.4 is 9.62 Å². The van der Waals surface area contributed by atoms with Crippen LogP contribution in [0, 0.1) is 5.82 Å². The summed E-state index contributed by atoms with van der Waals surface area (Å²) in [5.41, 5.74) is 2.58. The van der Waals surface area contributed by atoms with E-state index in [1.54, 1.807) is 55.5 Å². The molecule has 1 heterocycles. The summed E-state index contributed by atoms with van der Waals surface area (Å²) in [5.74, 6) is -0.804. The van der Waals surface area contributed by atoms with Gasteiger partial charge in [-0.25, -0.2) is 12.8 Å². The van der Waals surface area contributed by atoms with E-state index in [0.717, 1.165) is 15.4 Å². The van der Waals surface area contributed by atoms with E-state index in [4.69, 9.17) is 0 Å². The van der Waals surface area contributed by atoms with Crippen molar-refractivity contribution in [2.75, 3.05) is 10.8 Å². The third-order valence-electron chi connectivity index (χ3n) is 4.95. The number of sulfonamides is 1. The van der Waals surface area contributed by atoms with Gasteiger partial charge in [-0.05, 0) is 36.8 Å². The van der Waals surface area contributed by atoms with Gasteiger partial charge in [-0.1, -0.05) is 48.5 Å². The molecule has 7 heteroatoms. The summed E-state index contributed by atoms with van der Waals surface area (Å²) in [7, 11) is -3.87. The van der Waals surface area contributed by atoms with Crippen molar-refractivity contribution in [2.45, 2.75) is 17.9 Å². The zero-order valence-corrected chi connectivity index (χ0v) is 16.5. The fraction of sp³-hybridized carbons (Fsp3) is 0.136. The summed E-state index contributed by atoms with van der Waals surface area (Å²) >= 11 is 0. The average molecular weight is 410 g/mol. The smallest absolute Gasteiger partial charge is 0.265 e. The lowest BCUT2D eigenvalue weighted by atomic mass is 10.0. The van der Waals surface area contributed by atoms with Crippen molar-refractivity contribution in [1.29, 1.82) is 0 Å². The maximum Gasteiger partial charge on any atom is 0.265 e. The number of halogens is 1. The zero-order chi connectivity index (χ0) is 20.6. The Balaban J connectivity index is 1.63. The van der Waals surface area contributed by atoms with E-state index in [0.29, 0.717) is 11.3 Å². The average Bonchev–Trinajstić information content (AvgIpc) is 2.72. The van der Waals surface area contributed by atoms with Crippen molar-refractivity contribution in [2.24, 2.45) is 0 Å². The Labute approximate surface area is 168 Å². The van der Waals surface area contributed by atoms with Crippen molar-refractivity contribution in [3.05, 3.63) is 84.2 Å². The van der Waals surface area contributed by atoms with Gasteiger partial charge < -0.3 is 5.32 Å². The predicted octanol–water partition coefficient (Wildman–Crippen LogP) is 3.88. The van der Waals surface area contributed by atoms with Gasteiger partial charge in [-0.15, -0.1) is 0 Å². The molecule has 5 nitrogen and oxygen atoms in total. The highest BCUT2D eigenvalue weighted by atomic mass is 32.2. The first-order valence-electron chi connectivity index (χ1n) is 9.14. The van der Waals surface area contributed by atoms with Crippen LogP contribution in [0.25, 0.3) is 11.1 Å². The first-order chi connectivity index (χ1) is 13.9. The van der Waals surface area contributed by atoms with Gasteiger partial charge in [0, 0.05) is 11.1 Å². The topological polar surface area (TPSA) is 66.5 Å². The Kier molecular flexibility index (Phi) is 4.84. The highest BCUT2D eigenvalue weighted by Gasteiger charge is 2.35. The molecule has 1 aliphatic rings. The lowest BCUT2D eigenvalue weighted by Gasteiger charge is -2.31. The molecule has 0 saturated heterocycles. The zero-order valence-electron chi connectivity index (χ0n) is 15.7. The van der Waals surface area contributed by atoms with Crippen LogP contribution in [0.4, 0.5) is 10.1 Å². The van der Waals surface area contributed by atoms with Crippen molar-refractivity contribution < 1.29 is 17.6 Å². The molecule has 0 aromatic heterocycles. The van der Waals surface area contributed by atoms with E-state index >= 15 is 0 Å². The summed E-state index contributed by atoms with van der Waals surface area (Å²) in [6.07, 6.45) is 0. The molecule has 29 heavy (non-hydrogen) atoms. The van der Waals surface area contributed by atoms with Gasteiger partial charge >= 0.3 is 0 Å². The number of amides is 1. The van der Waals surface area contributed by atoms with Crippen molar-refractivity contribution >= 4 is 21.6 Å². The monoisotopic (exact) mass is 410 g/mol. The Morgan fingerprint density at radius 2 is 1.59 bits per heavy atom. The van der Waals surface area contributed by atoms with Gasteiger partial charge in [-0.3, -0.25) is 9.10 Å². The largest absolute Gasteiger partial charge is 0.348 e. The summed E-state index contributed by atoms with van der Waals surface area (Å²) in [6, 6.07) is 19.3. The number of hydrogen-bond acceptors (Lipinski definition) is 3. The van der Waals surface area contributed by atoms with Crippen LogP contribution in [0.15, 0.2) is 77.7 Å². The molecule has 1 atom stereocenters. The van der Waals surface area contributed by atoms with E-state index in [1.807, 2.05) is 12.1 Å². The molecule has 3 aromatic carbocycles. The number of nitrogens with zero attached hydrogens (tertiary/aromatic N) is 1. The molecular formula is C22H19FN2O3S. The number of benzene rings is 3. The molecule has 1 amide bonds. The number of rotatable bonds is 4. The molecule has 0 saturated carbocycles. The minimum atomic E-state index is -3.87. The second kappa shape index (κ2) is 7.33. The van der Waals surface area contributed by atoms with Gasteiger partial charge in [0.25, 0.3) is 10.0 Å². The molecule has 0 bridgehead atoms. The number of carbonyl (C=O) groups is 1. The second-order valence-corrected chi connectivity index (χ2v) is 8.70. The van der Waals surface area contributed by atoms with Crippen LogP contribution in [-0.2, 0) is 14.8 Å². The maximum atomic E-state index is 13.2. The molecule has 0 spiro atoms. The summed E-state index contributed by atoms with van der Waals surface area (Å²) in [5, 5.41) is 2.79. The van der Waals surface area contributed by atoms with Gasteiger partial charge in [0.15, 0.2) is 0 Å². The molecule has 4 rings (SSSR count). The Bertz CT molecular complexity index is 1180. The minimum absolute atomic E-state index is 0.179. The molecule has 1 N–H and O–H groups in total. The van der Waals surface area contributed by atoms with E-state index in [2.05, 4.69) is 5.32 Å². The van der Waals surface area contributed by atoms with Crippen molar-refractivity contribution in [3.8, 4) is 11.1 Å². The van der Waals surface area contributed by atoms with Crippen LogP contribution in [0.5, 0.6) is 0 Å². The number of para-hydroxylation sites is 1. The van der Waals surface area contributed by atoms with E-state index < -0.39 is 22.0 Å². The molecule has 0 aliphatic carbocycles. The minimum Gasteiger partial charge on any atom is -0.348 e. The van der Waals surface area contributed by atoms with Crippen LogP contribution >= 0.6 is 0 Å². The molecule has 148 valence electrons. The molecule has 1 aliphatic heterocycles. The summed E-state index contributed by atoms with van der Waals surface area (Å²) < 4.78 is 40.6. The summed E-state index contributed by atoms with van der Waals surface area (Å²) in [4.78, 5) is 12.9. The first kappa shape index (κ1) is 19.1. The molecule has 3 aromatic rings. The van der Waals surface area contributed by atoms with E-state index in [1.165, 1.54) is 12.1 Å². The lowest BCUT2D eigenvalue weighted by Crippen LogP contribution is -2.43. The second-order valence-electron chi connectivity index (χ2n) is 6.87. The van der Waals surface area contributed by atoms with Crippen molar-refractivity contribution in [3.63, 3.8) is 0 Å². The quantitative estimate of drug-likeness (QED) is 0.710. The van der Waals surface area contributed by atoms with E-state index in [9.17, 15) is 17.6 Å². The van der Waals surface area contributed by atoms with Crippen molar-refractivity contribution in [1.82, 2.24) is 5.32 Å². The third-order valence-corrected chi connectivity index (χ3v) is 6.77. The Hall–Kier alpha value is -3.19. The van der Waals surface area contributed by atoms with Gasteiger partial charge in [0.1, 0.15) is 12.4 Å². The standard InChI is InChI=1S/C22H19FN2O3S/c1-15(16-10-12-17(23)13-11-16)24-22(26)14-25-20-8-4-2-6-18(20)19-7-3-5-9-21(19)29(25,27)28/h2-13,15H,14H2,1H3,(H,24,26). The summed E-state index contributed by atoms with van der Waals surface area (Å²) in [6.45, 7) is 1.41.